The van der Waals surface area contributed by atoms with Crippen LogP contribution in [0.2, 0.25) is 0 Å². The second kappa shape index (κ2) is 8.12. The number of aryl methyl sites for hydroxylation is 2. The Labute approximate surface area is 205 Å². The maximum atomic E-state index is 12.9. The lowest BCUT2D eigenvalue weighted by Gasteiger charge is -2.12. The van der Waals surface area contributed by atoms with Crippen molar-refractivity contribution >= 4 is 32.3 Å². The first-order valence-corrected chi connectivity index (χ1v) is 11.5. The maximum absolute atomic E-state index is 12.9. The van der Waals surface area contributed by atoms with Crippen LogP contribution < -0.4 is 0 Å². The van der Waals surface area contributed by atoms with Crippen LogP contribution in [0.25, 0.3) is 55.0 Å². The van der Waals surface area contributed by atoms with Crippen molar-refractivity contribution in [2.45, 2.75) is 20.0 Å². The molecule has 0 aliphatic rings. The summed E-state index contributed by atoms with van der Waals surface area (Å²) < 4.78 is 38.6. The van der Waals surface area contributed by atoms with Crippen molar-refractivity contribution in [3.8, 4) is 22.6 Å². The van der Waals surface area contributed by atoms with Gasteiger partial charge in [0.15, 0.2) is 5.82 Å². The monoisotopic (exact) mass is 479 g/mol. The Morgan fingerprint density at radius 3 is 1.92 bits per heavy atom. The molecule has 0 saturated carbocycles. The molecule has 6 heteroatoms. The van der Waals surface area contributed by atoms with Crippen LogP contribution in [0.5, 0.6) is 0 Å². The number of hydrogen-bond acceptors (Lipinski definition) is 3. The number of fused-ring (bicyclic) bond motifs is 5. The van der Waals surface area contributed by atoms with Crippen LogP contribution in [0.15, 0.2) is 85.3 Å². The lowest BCUT2D eigenvalue weighted by atomic mass is 9.94. The Kier molecular flexibility index (Phi) is 5.00. The molecule has 0 aliphatic carbocycles. The van der Waals surface area contributed by atoms with Gasteiger partial charge >= 0.3 is 6.18 Å². The van der Waals surface area contributed by atoms with E-state index in [1.165, 1.54) is 11.1 Å². The van der Waals surface area contributed by atoms with Gasteiger partial charge in [0.2, 0.25) is 0 Å². The Balaban J connectivity index is 1.48. The average Bonchev–Trinajstić information content (AvgIpc) is 2.86. The van der Waals surface area contributed by atoms with Crippen molar-refractivity contribution in [2.24, 2.45) is 0 Å². The Hall–Kier alpha value is -4.32. The number of nitrogens with zero attached hydrogens (tertiary/aromatic N) is 3. The Bertz CT molecular complexity index is 1770. The largest absolute Gasteiger partial charge is 0.419 e. The van der Waals surface area contributed by atoms with E-state index < -0.39 is 11.7 Å². The van der Waals surface area contributed by atoms with E-state index in [1.54, 1.807) is 0 Å². The fourth-order valence-electron chi connectivity index (χ4n) is 4.92. The van der Waals surface area contributed by atoms with Crippen LogP contribution in [0.4, 0.5) is 13.2 Å². The van der Waals surface area contributed by atoms with Gasteiger partial charge in [-0.15, -0.1) is 0 Å². The highest BCUT2D eigenvalue weighted by molar-refractivity contribution is 6.19. The summed E-state index contributed by atoms with van der Waals surface area (Å²) in [6.07, 6.45) is -0.970. The molecule has 4 aromatic carbocycles. The number of alkyl halides is 3. The molecular formula is C30H20F3N3. The molecule has 0 saturated heterocycles. The van der Waals surface area contributed by atoms with E-state index in [4.69, 9.17) is 4.98 Å². The second-order valence-electron chi connectivity index (χ2n) is 9.09. The van der Waals surface area contributed by atoms with Crippen LogP contribution >= 0.6 is 0 Å². The van der Waals surface area contributed by atoms with Crippen LogP contribution in [0, 0.1) is 13.8 Å². The lowest BCUT2D eigenvalue weighted by Crippen LogP contribution is -2.06. The van der Waals surface area contributed by atoms with E-state index in [0.29, 0.717) is 5.56 Å². The topological polar surface area (TPSA) is 38.7 Å². The predicted molar refractivity (Wildman–Crippen MR) is 138 cm³/mol. The molecule has 0 atom stereocenters. The summed E-state index contributed by atoms with van der Waals surface area (Å²) in [5.41, 5.74) is 4.25. The van der Waals surface area contributed by atoms with E-state index in [9.17, 15) is 13.2 Å². The summed E-state index contributed by atoms with van der Waals surface area (Å²) in [6.45, 7) is 4.18. The van der Waals surface area contributed by atoms with Crippen LogP contribution in [-0.2, 0) is 6.18 Å². The molecule has 6 rings (SSSR count). The third-order valence-corrected chi connectivity index (χ3v) is 6.49. The van der Waals surface area contributed by atoms with Gasteiger partial charge in [-0.3, -0.25) is 4.98 Å². The molecule has 2 aromatic heterocycles. The molecule has 0 fully saturated rings. The molecule has 0 bridgehead atoms. The van der Waals surface area contributed by atoms with Crippen molar-refractivity contribution in [1.29, 1.82) is 0 Å². The molecule has 0 amide bonds. The van der Waals surface area contributed by atoms with Crippen molar-refractivity contribution in [3.63, 3.8) is 0 Å². The fourth-order valence-corrected chi connectivity index (χ4v) is 4.92. The van der Waals surface area contributed by atoms with Crippen LogP contribution in [0.3, 0.4) is 0 Å². The zero-order valence-electron chi connectivity index (χ0n) is 19.6. The predicted octanol–water partition coefficient (Wildman–Crippen LogP) is 8.30. The number of halogens is 3. The average molecular weight is 480 g/mol. The van der Waals surface area contributed by atoms with Gasteiger partial charge in [0.1, 0.15) is 0 Å². The molecule has 176 valence electrons. The third-order valence-electron chi connectivity index (χ3n) is 6.49. The Morgan fingerprint density at radius 1 is 0.583 bits per heavy atom. The van der Waals surface area contributed by atoms with Gasteiger partial charge in [-0.25, -0.2) is 9.97 Å². The number of hydrogen-bond donors (Lipinski definition) is 0. The summed E-state index contributed by atoms with van der Waals surface area (Å²) in [5, 5.41) is 6.43. The Morgan fingerprint density at radius 2 is 1.19 bits per heavy atom. The quantitative estimate of drug-likeness (QED) is 0.235. The van der Waals surface area contributed by atoms with Gasteiger partial charge in [-0.2, -0.15) is 13.2 Å². The van der Waals surface area contributed by atoms with Gasteiger partial charge in [0, 0.05) is 35.1 Å². The molecule has 6 aromatic rings. The maximum Gasteiger partial charge on any atom is 0.419 e. The summed E-state index contributed by atoms with van der Waals surface area (Å²) in [7, 11) is 0. The highest BCUT2D eigenvalue weighted by Crippen LogP contribution is 2.36. The van der Waals surface area contributed by atoms with Gasteiger partial charge in [0.25, 0.3) is 0 Å². The highest BCUT2D eigenvalue weighted by atomic mass is 19.4. The van der Waals surface area contributed by atoms with Crippen molar-refractivity contribution < 1.29 is 13.2 Å². The first kappa shape index (κ1) is 22.2. The highest BCUT2D eigenvalue weighted by Gasteiger charge is 2.31. The van der Waals surface area contributed by atoms with E-state index in [0.717, 1.165) is 56.0 Å². The fraction of sp³-hybridized carbons (Fsp3) is 0.100. The minimum Gasteiger partial charge on any atom is -0.256 e. The first-order valence-electron chi connectivity index (χ1n) is 11.5. The normalized spacial score (nSPS) is 12.0. The molecule has 36 heavy (non-hydrogen) atoms. The second-order valence-corrected chi connectivity index (χ2v) is 9.09. The van der Waals surface area contributed by atoms with Gasteiger partial charge < -0.3 is 0 Å². The standard InChI is InChI=1S/C30H20F3N3/c1-17-11-18(2)13-21(12-17)28-27-8-7-24-23-5-4-20(29-35-15-22(16-36-29)30(31,32)33)14-19(23)3-6-25(24)26(27)9-10-34-28/h3-16H,1-2H3. The van der Waals surface area contributed by atoms with Gasteiger partial charge in [-0.05, 0) is 65.0 Å². The van der Waals surface area contributed by atoms with Crippen molar-refractivity contribution in [2.75, 3.05) is 0 Å². The van der Waals surface area contributed by atoms with Gasteiger partial charge in [0.05, 0.1) is 11.3 Å². The molecular weight excluding hydrogens is 459 g/mol. The zero-order chi connectivity index (χ0) is 25.0. The summed E-state index contributed by atoms with van der Waals surface area (Å²) in [6, 6.07) is 22.6. The van der Waals surface area contributed by atoms with E-state index in [1.807, 2.05) is 36.5 Å². The molecule has 0 unspecified atom stereocenters. The summed E-state index contributed by atoms with van der Waals surface area (Å²) >= 11 is 0. The minimum atomic E-state index is -4.46. The molecule has 3 nitrogen and oxygen atoms in total. The van der Waals surface area contributed by atoms with Crippen molar-refractivity contribution in [1.82, 2.24) is 15.0 Å². The summed E-state index contributed by atoms with van der Waals surface area (Å²) in [5.74, 6) is 0.257. The zero-order valence-corrected chi connectivity index (χ0v) is 19.6. The molecule has 0 aliphatic heterocycles. The van der Waals surface area contributed by atoms with E-state index in [-0.39, 0.29) is 5.82 Å². The van der Waals surface area contributed by atoms with E-state index in [2.05, 4.69) is 60.2 Å². The van der Waals surface area contributed by atoms with Crippen LogP contribution in [0.1, 0.15) is 16.7 Å². The SMILES string of the molecule is Cc1cc(C)cc(-c2nccc3c2ccc2c4ccc(-c5ncc(C(F)(F)F)cn5)cc4ccc32)c1. The molecule has 2 heterocycles. The summed E-state index contributed by atoms with van der Waals surface area (Å²) in [4.78, 5) is 12.6. The molecule has 0 N–H and O–H groups in total. The molecule has 0 radical (unpaired) electrons. The number of pyridine rings is 1. The lowest BCUT2D eigenvalue weighted by molar-refractivity contribution is -0.138. The number of rotatable bonds is 2. The van der Waals surface area contributed by atoms with Crippen LogP contribution in [-0.4, -0.2) is 15.0 Å². The van der Waals surface area contributed by atoms with Crippen molar-refractivity contribution in [3.05, 3.63) is 102 Å². The first-order chi connectivity index (χ1) is 17.3. The smallest absolute Gasteiger partial charge is 0.256 e. The van der Waals surface area contributed by atoms with E-state index >= 15 is 0 Å². The molecule has 0 spiro atoms. The number of benzene rings is 4. The minimum absolute atomic E-state index is 0.257. The third kappa shape index (κ3) is 3.75. The van der Waals surface area contributed by atoms with Gasteiger partial charge in [-0.1, -0.05) is 53.6 Å². The number of aromatic nitrogens is 3.